The molecular weight excluding hydrogens is 327 g/mol. The molecule has 2 heterocycles. The molecule has 2 aliphatic rings. The topological polar surface area (TPSA) is 50.8 Å². The Morgan fingerprint density at radius 3 is 2.68 bits per heavy atom. The number of fused-ring (bicyclic) bond motifs is 2. The summed E-state index contributed by atoms with van der Waals surface area (Å²) in [5.74, 6) is 0. The fourth-order valence-corrected chi connectivity index (χ4v) is 3.29. The van der Waals surface area contributed by atoms with Crippen molar-refractivity contribution in [3.63, 3.8) is 0 Å². The first kappa shape index (κ1) is 15.9. The normalized spacial score (nSPS) is 25.7. The average molecular weight is 345 g/mol. The Bertz CT molecular complexity index is 558. The van der Waals surface area contributed by atoms with E-state index in [-0.39, 0.29) is 24.3 Å². The number of benzene rings is 1. The molecule has 5 nitrogen and oxygen atoms in total. The number of carbonyl (C=O) groups excluding carboxylic acids is 1. The van der Waals surface area contributed by atoms with Gasteiger partial charge in [-0.25, -0.2) is 4.79 Å². The molecule has 3 atom stereocenters. The standard InChI is InChI=1S/C15H18Cl2N2O3/c1-9(12-3-2-4-13(16)14(12)17)18-15(20)19-5-10-7-21-8-11(6-19)22-10/h2-4,9-11H,5-8H2,1H3,(H,18,20)/t9-,10-,11+/m1/s1. The first-order valence-electron chi connectivity index (χ1n) is 7.27. The number of urea groups is 1. The van der Waals surface area contributed by atoms with E-state index in [0.717, 1.165) is 5.56 Å². The number of halogens is 2. The molecule has 0 spiro atoms. The van der Waals surface area contributed by atoms with Crippen LogP contribution in [-0.4, -0.2) is 49.4 Å². The van der Waals surface area contributed by atoms with Crippen molar-refractivity contribution < 1.29 is 14.3 Å². The summed E-state index contributed by atoms with van der Waals surface area (Å²) in [6, 6.07) is 5.07. The van der Waals surface area contributed by atoms with E-state index in [1.165, 1.54) is 0 Å². The highest BCUT2D eigenvalue weighted by molar-refractivity contribution is 6.42. The number of hydrogen-bond acceptors (Lipinski definition) is 3. The summed E-state index contributed by atoms with van der Waals surface area (Å²) in [7, 11) is 0. The zero-order chi connectivity index (χ0) is 15.7. The van der Waals surface area contributed by atoms with Crippen molar-refractivity contribution in [1.82, 2.24) is 10.2 Å². The number of rotatable bonds is 2. The smallest absolute Gasteiger partial charge is 0.318 e. The lowest BCUT2D eigenvalue weighted by atomic mass is 10.1. The van der Waals surface area contributed by atoms with E-state index in [1.807, 2.05) is 19.1 Å². The van der Waals surface area contributed by atoms with Gasteiger partial charge in [-0.15, -0.1) is 0 Å². The number of nitrogens with one attached hydrogen (secondary N) is 1. The lowest BCUT2D eigenvalue weighted by molar-refractivity contribution is -0.171. The SMILES string of the molecule is C[C@@H](NC(=O)N1C[C@H]2COC[C@@H](C1)O2)c1cccc(Cl)c1Cl. The third-order valence-corrected chi connectivity index (χ3v) is 4.75. The molecule has 0 unspecified atom stereocenters. The quantitative estimate of drug-likeness (QED) is 0.897. The molecule has 120 valence electrons. The average Bonchev–Trinajstić information content (AvgIpc) is 2.49. The van der Waals surface area contributed by atoms with Gasteiger partial charge in [0, 0.05) is 0 Å². The minimum atomic E-state index is -0.224. The molecule has 7 heteroatoms. The van der Waals surface area contributed by atoms with Crippen molar-refractivity contribution in [2.75, 3.05) is 26.3 Å². The van der Waals surface area contributed by atoms with Crippen molar-refractivity contribution in [3.8, 4) is 0 Å². The van der Waals surface area contributed by atoms with Gasteiger partial charge < -0.3 is 19.7 Å². The number of hydrogen-bond donors (Lipinski definition) is 1. The minimum Gasteiger partial charge on any atom is -0.376 e. The Kier molecular flexibility index (Phi) is 4.78. The molecule has 0 saturated carbocycles. The predicted molar refractivity (Wildman–Crippen MR) is 84.5 cm³/mol. The molecule has 1 aromatic carbocycles. The third-order valence-electron chi connectivity index (χ3n) is 3.92. The Balaban J connectivity index is 1.65. The third kappa shape index (κ3) is 3.33. The molecule has 22 heavy (non-hydrogen) atoms. The fourth-order valence-electron chi connectivity index (χ4n) is 2.81. The highest BCUT2D eigenvalue weighted by atomic mass is 35.5. The van der Waals surface area contributed by atoms with E-state index in [0.29, 0.717) is 36.3 Å². The molecule has 2 aliphatic heterocycles. The van der Waals surface area contributed by atoms with E-state index >= 15 is 0 Å². The van der Waals surface area contributed by atoms with Gasteiger partial charge >= 0.3 is 6.03 Å². The van der Waals surface area contributed by atoms with Crippen LogP contribution >= 0.6 is 23.2 Å². The molecule has 1 N–H and O–H groups in total. The second-order valence-electron chi connectivity index (χ2n) is 5.64. The molecule has 2 bridgehead atoms. The molecule has 2 saturated heterocycles. The molecule has 3 rings (SSSR count). The van der Waals surface area contributed by atoms with Crippen molar-refractivity contribution in [2.24, 2.45) is 0 Å². The largest absolute Gasteiger partial charge is 0.376 e. The second-order valence-corrected chi connectivity index (χ2v) is 6.42. The maximum atomic E-state index is 12.5. The van der Waals surface area contributed by atoms with E-state index in [9.17, 15) is 4.79 Å². The van der Waals surface area contributed by atoms with Crippen molar-refractivity contribution in [1.29, 1.82) is 0 Å². The molecule has 1 aromatic rings. The van der Waals surface area contributed by atoms with Crippen LogP contribution in [0.5, 0.6) is 0 Å². The van der Waals surface area contributed by atoms with Gasteiger partial charge in [-0.05, 0) is 18.6 Å². The summed E-state index contributed by atoms with van der Waals surface area (Å²) in [6.07, 6.45) is -0.0772. The van der Waals surface area contributed by atoms with Crippen LogP contribution in [0.15, 0.2) is 18.2 Å². The summed E-state index contributed by atoms with van der Waals surface area (Å²) in [5.41, 5.74) is 0.805. The van der Waals surface area contributed by atoms with Crippen LogP contribution in [0.1, 0.15) is 18.5 Å². The summed E-state index contributed by atoms with van der Waals surface area (Å²) < 4.78 is 11.2. The highest BCUT2D eigenvalue weighted by Gasteiger charge is 2.34. The molecule has 0 aliphatic carbocycles. The lowest BCUT2D eigenvalue weighted by Gasteiger charge is -2.41. The minimum absolute atomic E-state index is 0.0386. The Morgan fingerprint density at radius 1 is 1.32 bits per heavy atom. The van der Waals surface area contributed by atoms with Gasteiger partial charge in [0.25, 0.3) is 0 Å². The fraction of sp³-hybridized carbons (Fsp3) is 0.533. The van der Waals surface area contributed by atoms with Crippen LogP contribution in [-0.2, 0) is 9.47 Å². The van der Waals surface area contributed by atoms with Gasteiger partial charge in [0.15, 0.2) is 0 Å². The van der Waals surface area contributed by atoms with Gasteiger partial charge in [0.1, 0.15) is 0 Å². The molecule has 2 amide bonds. The highest BCUT2D eigenvalue weighted by Crippen LogP contribution is 2.30. The van der Waals surface area contributed by atoms with E-state index in [1.54, 1.807) is 11.0 Å². The Labute approximate surface area is 139 Å². The zero-order valence-electron chi connectivity index (χ0n) is 12.2. The molecular formula is C15H18Cl2N2O3. The maximum absolute atomic E-state index is 12.5. The second kappa shape index (κ2) is 6.62. The van der Waals surface area contributed by atoms with Gasteiger partial charge in [-0.3, -0.25) is 0 Å². The zero-order valence-corrected chi connectivity index (χ0v) is 13.7. The molecule has 0 aromatic heterocycles. The number of amides is 2. The van der Waals surface area contributed by atoms with E-state index < -0.39 is 0 Å². The number of nitrogens with zero attached hydrogens (tertiary/aromatic N) is 1. The van der Waals surface area contributed by atoms with Gasteiger partial charge in [0.2, 0.25) is 0 Å². The lowest BCUT2D eigenvalue weighted by Crippen LogP contribution is -2.57. The van der Waals surface area contributed by atoms with Crippen LogP contribution in [0.4, 0.5) is 4.79 Å². The molecule has 0 radical (unpaired) electrons. The number of ether oxygens (including phenoxy) is 2. The summed E-state index contributed by atoms with van der Waals surface area (Å²) in [5, 5.41) is 3.93. The van der Waals surface area contributed by atoms with E-state index in [4.69, 9.17) is 32.7 Å². The summed E-state index contributed by atoms with van der Waals surface area (Å²) >= 11 is 12.2. The number of morpholine rings is 1. The van der Waals surface area contributed by atoms with Crippen LogP contribution in [0.25, 0.3) is 0 Å². The van der Waals surface area contributed by atoms with Crippen molar-refractivity contribution in [2.45, 2.75) is 25.2 Å². The first-order chi connectivity index (χ1) is 10.5. The Hall–Kier alpha value is -1.01. The number of carbonyl (C=O) groups is 1. The Morgan fingerprint density at radius 2 is 2.00 bits per heavy atom. The monoisotopic (exact) mass is 344 g/mol. The molecule has 2 fully saturated rings. The van der Waals surface area contributed by atoms with Crippen molar-refractivity contribution >= 4 is 29.2 Å². The van der Waals surface area contributed by atoms with Gasteiger partial charge in [0.05, 0.1) is 54.6 Å². The maximum Gasteiger partial charge on any atom is 0.318 e. The van der Waals surface area contributed by atoms with Crippen LogP contribution in [0.3, 0.4) is 0 Å². The van der Waals surface area contributed by atoms with Crippen LogP contribution in [0, 0.1) is 0 Å². The van der Waals surface area contributed by atoms with Gasteiger partial charge in [-0.1, -0.05) is 35.3 Å². The predicted octanol–water partition coefficient (Wildman–Crippen LogP) is 2.86. The van der Waals surface area contributed by atoms with Crippen LogP contribution in [0.2, 0.25) is 10.0 Å². The summed E-state index contributed by atoms with van der Waals surface area (Å²) in [6.45, 7) is 4.04. The first-order valence-corrected chi connectivity index (χ1v) is 8.02. The summed E-state index contributed by atoms with van der Waals surface area (Å²) in [4.78, 5) is 14.2. The van der Waals surface area contributed by atoms with Gasteiger partial charge in [-0.2, -0.15) is 0 Å². The van der Waals surface area contributed by atoms with Crippen LogP contribution < -0.4 is 5.32 Å². The van der Waals surface area contributed by atoms with E-state index in [2.05, 4.69) is 5.32 Å². The van der Waals surface area contributed by atoms with Crippen molar-refractivity contribution in [3.05, 3.63) is 33.8 Å².